The van der Waals surface area contributed by atoms with Crippen molar-refractivity contribution in [2.24, 2.45) is 11.7 Å². The number of fused-ring (bicyclic) bond motifs is 2. The molecule has 1 aromatic carbocycles. The molecule has 9 nitrogen and oxygen atoms in total. The first-order chi connectivity index (χ1) is 18.6. The Morgan fingerprint density at radius 1 is 1.05 bits per heavy atom. The van der Waals surface area contributed by atoms with Gasteiger partial charge in [-0.1, -0.05) is 6.07 Å². The number of rotatable bonds is 7. The van der Waals surface area contributed by atoms with Crippen LogP contribution in [0.2, 0.25) is 0 Å². The average molecular weight is 515 g/mol. The number of nitrogens with zero attached hydrogens (tertiary/aromatic N) is 4. The zero-order chi connectivity index (χ0) is 26.1. The molecular formula is C29H34N6O3. The van der Waals surface area contributed by atoms with Gasteiger partial charge in [0.2, 0.25) is 5.91 Å². The number of hydrogen-bond acceptors (Lipinski definition) is 7. The number of aryl methyl sites for hydroxylation is 1. The number of primary amides is 1. The van der Waals surface area contributed by atoms with E-state index in [1.165, 1.54) is 5.69 Å². The third-order valence-corrected chi connectivity index (χ3v) is 7.74. The van der Waals surface area contributed by atoms with Gasteiger partial charge in [0.25, 0.3) is 0 Å². The van der Waals surface area contributed by atoms with Crippen LogP contribution in [-0.2, 0) is 16.0 Å². The Kier molecular flexibility index (Phi) is 6.86. The van der Waals surface area contributed by atoms with Crippen molar-refractivity contribution in [2.75, 3.05) is 56.3 Å². The van der Waals surface area contributed by atoms with Gasteiger partial charge in [0.05, 0.1) is 41.9 Å². The van der Waals surface area contributed by atoms with Crippen LogP contribution in [0.1, 0.15) is 30.1 Å². The number of benzene rings is 1. The molecule has 2 fully saturated rings. The van der Waals surface area contributed by atoms with Crippen LogP contribution >= 0.6 is 0 Å². The number of morpholine rings is 1. The molecular weight excluding hydrogens is 480 g/mol. The standard InChI is InChI=1S/C29H34N6O3/c1-2-34-18-24(22-14-21(28(30)36)16-33-29(22)34)20-3-4-25-23(13-20)27(35-7-11-38-12-8-35)26(17-32-25)31-15-19-5-9-37-10-6-19/h3-4,13-14,16-19,31H,2,5-12,15H2,1H3,(H2,30,36). The summed E-state index contributed by atoms with van der Waals surface area (Å²) in [5.41, 5.74) is 12.1. The maximum Gasteiger partial charge on any atom is 0.250 e. The lowest BCUT2D eigenvalue weighted by atomic mass is 9.99. The van der Waals surface area contributed by atoms with Gasteiger partial charge >= 0.3 is 0 Å². The number of nitrogens with one attached hydrogen (secondary N) is 1. The van der Waals surface area contributed by atoms with Crippen LogP contribution in [-0.4, -0.2) is 66.5 Å². The minimum absolute atomic E-state index is 0.406. The summed E-state index contributed by atoms with van der Waals surface area (Å²) in [6.45, 7) is 8.49. The van der Waals surface area contributed by atoms with Gasteiger partial charge in [-0.25, -0.2) is 4.98 Å². The van der Waals surface area contributed by atoms with Crippen molar-refractivity contribution in [2.45, 2.75) is 26.3 Å². The van der Waals surface area contributed by atoms with E-state index in [4.69, 9.17) is 20.2 Å². The molecule has 6 rings (SSSR count). The maximum absolute atomic E-state index is 11.9. The fraction of sp³-hybridized carbons (Fsp3) is 0.414. The number of amides is 1. The largest absolute Gasteiger partial charge is 0.382 e. The van der Waals surface area contributed by atoms with Crippen molar-refractivity contribution in [1.82, 2.24) is 14.5 Å². The zero-order valence-electron chi connectivity index (χ0n) is 21.8. The number of carbonyl (C=O) groups is 1. The molecule has 0 unspecified atom stereocenters. The highest BCUT2D eigenvalue weighted by Crippen LogP contribution is 2.38. The van der Waals surface area contributed by atoms with Gasteiger partial charge in [0, 0.05) is 68.1 Å². The van der Waals surface area contributed by atoms with Crippen LogP contribution in [0.4, 0.5) is 11.4 Å². The molecule has 0 bridgehead atoms. The maximum atomic E-state index is 11.9. The molecule has 2 aliphatic heterocycles. The average Bonchev–Trinajstić information content (AvgIpc) is 3.34. The number of carbonyl (C=O) groups excluding carboxylic acids is 1. The molecule has 9 heteroatoms. The van der Waals surface area contributed by atoms with Crippen LogP contribution in [0.5, 0.6) is 0 Å². The molecule has 0 saturated carbocycles. The Morgan fingerprint density at radius 3 is 2.61 bits per heavy atom. The van der Waals surface area contributed by atoms with Gasteiger partial charge in [-0.05, 0) is 49.4 Å². The van der Waals surface area contributed by atoms with E-state index in [1.807, 2.05) is 12.3 Å². The minimum atomic E-state index is -0.479. The summed E-state index contributed by atoms with van der Waals surface area (Å²) in [6.07, 6.45) is 7.79. The summed E-state index contributed by atoms with van der Waals surface area (Å²) >= 11 is 0. The van der Waals surface area contributed by atoms with Gasteiger partial charge in [0.1, 0.15) is 5.65 Å². The van der Waals surface area contributed by atoms with Crippen LogP contribution in [0.25, 0.3) is 33.1 Å². The van der Waals surface area contributed by atoms with E-state index >= 15 is 0 Å². The highest BCUT2D eigenvalue weighted by molar-refractivity contribution is 6.04. The summed E-state index contributed by atoms with van der Waals surface area (Å²) in [4.78, 5) is 23.7. The Balaban J connectivity index is 1.47. The lowest BCUT2D eigenvalue weighted by Gasteiger charge is -2.32. The first-order valence-electron chi connectivity index (χ1n) is 13.5. The fourth-order valence-electron chi connectivity index (χ4n) is 5.58. The Labute approximate surface area is 221 Å². The first kappa shape index (κ1) is 24.6. The number of aromatic nitrogens is 3. The van der Waals surface area contributed by atoms with E-state index in [1.54, 1.807) is 6.20 Å². The van der Waals surface area contributed by atoms with E-state index in [9.17, 15) is 4.79 Å². The summed E-state index contributed by atoms with van der Waals surface area (Å²) in [5.74, 6) is 0.114. The number of pyridine rings is 2. The highest BCUT2D eigenvalue weighted by Gasteiger charge is 2.22. The second-order valence-corrected chi connectivity index (χ2v) is 10.1. The van der Waals surface area contributed by atoms with E-state index in [0.717, 1.165) is 91.0 Å². The molecule has 0 spiro atoms. The van der Waals surface area contributed by atoms with E-state index in [-0.39, 0.29) is 0 Å². The molecule has 0 atom stereocenters. The van der Waals surface area contributed by atoms with E-state index in [2.05, 4.69) is 51.1 Å². The van der Waals surface area contributed by atoms with Gasteiger partial charge in [-0.2, -0.15) is 0 Å². The lowest BCUT2D eigenvalue weighted by molar-refractivity contribution is 0.0699. The molecule has 4 aromatic rings. The fourth-order valence-corrected chi connectivity index (χ4v) is 5.58. The molecule has 3 N–H and O–H groups in total. The zero-order valence-corrected chi connectivity index (χ0v) is 21.8. The van der Waals surface area contributed by atoms with Crippen molar-refractivity contribution >= 4 is 39.2 Å². The Hall–Kier alpha value is -3.69. The van der Waals surface area contributed by atoms with Crippen molar-refractivity contribution in [3.05, 3.63) is 48.4 Å². The summed E-state index contributed by atoms with van der Waals surface area (Å²) in [5, 5.41) is 5.74. The molecule has 0 radical (unpaired) electrons. The van der Waals surface area contributed by atoms with Crippen molar-refractivity contribution in [1.29, 1.82) is 0 Å². The third kappa shape index (κ3) is 4.68. The highest BCUT2D eigenvalue weighted by atomic mass is 16.5. The molecule has 1 amide bonds. The van der Waals surface area contributed by atoms with E-state index in [0.29, 0.717) is 24.7 Å². The number of hydrogen-bond donors (Lipinski definition) is 2. The second kappa shape index (κ2) is 10.6. The molecule has 5 heterocycles. The van der Waals surface area contributed by atoms with Crippen LogP contribution in [0.15, 0.2) is 42.9 Å². The SMILES string of the molecule is CCn1cc(-c2ccc3ncc(NCC4CCOCC4)c(N4CCOCC4)c3c2)c2cc(C(N)=O)cnc21. The van der Waals surface area contributed by atoms with Crippen molar-refractivity contribution in [3.63, 3.8) is 0 Å². The molecule has 2 saturated heterocycles. The Morgan fingerprint density at radius 2 is 1.84 bits per heavy atom. The van der Waals surface area contributed by atoms with E-state index < -0.39 is 5.91 Å². The predicted molar refractivity (Wildman–Crippen MR) is 150 cm³/mol. The number of ether oxygens (including phenoxy) is 2. The van der Waals surface area contributed by atoms with Crippen LogP contribution in [0, 0.1) is 5.92 Å². The number of anilines is 2. The van der Waals surface area contributed by atoms with Crippen LogP contribution < -0.4 is 16.0 Å². The minimum Gasteiger partial charge on any atom is -0.382 e. The number of nitrogens with two attached hydrogens (primary N) is 1. The third-order valence-electron chi connectivity index (χ3n) is 7.74. The lowest BCUT2D eigenvalue weighted by Crippen LogP contribution is -2.37. The van der Waals surface area contributed by atoms with Crippen molar-refractivity contribution < 1.29 is 14.3 Å². The second-order valence-electron chi connectivity index (χ2n) is 10.1. The molecule has 38 heavy (non-hydrogen) atoms. The summed E-state index contributed by atoms with van der Waals surface area (Å²) < 4.78 is 13.3. The predicted octanol–water partition coefficient (Wildman–Crippen LogP) is 4.05. The Bertz CT molecular complexity index is 1470. The normalized spacial score (nSPS) is 16.8. The molecule has 3 aromatic heterocycles. The van der Waals surface area contributed by atoms with Gasteiger partial charge in [0.15, 0.2) is 0 Å². The van der Waals surface area contributed by atoms with Gasteiger partial charge in [-0.15, -0.1) is 0 Å². The smallest absolute Gasteiger partial charge is 0.250 e. The summed E-state index contributed by atoms with van der Waals surface area (Å²) in [7, 11) is 0. The first-order valence-corrected chi connectivity index (χ1v) is 13.5. The molecule has 0 aliphatic carbocycles. The molecule has 2 aliphatic rings. The van der Waals surface area contributed by atoms with Crippen molar-refractivity contribution in [3.8, 4) is 11.1 Å². The summed E-state index contributed by atoms with van der Waals surface area (Å²) in [6, 6.07) is 8.25. The monoisotopic (exact) mass is 514 g/mol. The quantitative estimate of drug-likeness (QED) is 0.383. The van der Waals surface area contributed by atoms with Gasteiger partial charge < -0.3 is 30.0 Å². The topological polar surface area (TPSA) is 108 Å². The van der Waals surface area contributed by atoms with Gasteiger partial charge in [-0.3, -0.25) is 9.78 Å². The molecule has 198 valence electrons. The van der Waals surface area contributed by atoms with Crippen LogP contribution in [0.3, 0.4) is 0 Å².